The molecular weight excluding hydrogens is 302 g/mol. The molecule has 0 saturated heterocycles. The van der Waals surface area contributed by atoms with Crippen molar-refractivity contribution in [2.45, 2.75) is 6.10 Å². The van der Waals surface area contributed by atoms with Crippen LogP contribution in [0, 0.1) is 0 Å². The van der Waals surface area contributed by atoms with Crippen LogP contribution in [0.15, 0.2) is 78.2 Å². The Bertz CT molecular complexity index is 851. The molecule has 4 rings (SSSR count). The van der Waals surface area contributed by atoms with Crippen molar-refractivity contribution < 1.29 is 9.47 Å². The normalized spacial score (nSPS) is 16.3. The minimum absolute atomic E-state index is 0.0763. The molecule has 0 aliphatic carbocycles. The second-order valence-electron chi connectivity index (χ2n) is 5.31. The number of hydrogen-bond acceptors (Lipinski definition) is 5. The SMILES string of the molecule is c1ccc(C2CN=C(c3cccnc3Oc3cccnc3)O2)cc1. The molecule has 1 aromatic carbocycles. The summed E-state index contributed by atoms with van der Waals surface area (Å²) in [5.41, 5.74) is 1.84. The van der Waals surface area contributed by atoms with Gasteiger partial charge in [0.15, 0.2) is 0 Å². The van der Waals surface area contributed by atoms with Crippen LogP contribution in [0.1, 0.15) is 17.2 Å². The number of benzene rings is 1. The van der Waals surface area contributed by atoms with E-state index in [0.29, 0.717) is 24.1 Å². The molecule has 1 aliphatic rings. The van der Waals surface area contributed by atoms with Crippen LogP contribution in [0.2, 0.25) is 0 Å². The van der Waals surface area contributed by atoms with Crippen LogP contribution < -0.4 is 4.74 Å². The summed E-state index contributed by atoms with van der Waals surface area (Å²) in [7, 11) is 0. The molecule has 118 valence electrons. The third-order valence-corrected chi connectivity index (χ3v) is 3.68. The van der Waals surface area contributed by atoms with Crippen LogP contribution in [0.4, 0.5) is 0 Å². The Morgan fingerprint density at radius 1 is 0.958 bits per heavy atom. The quantitative estimate of drug-likeness (QED) is 0.734. The maximum absolute atomic E-state index is 6.03. The van der Waals surface area contributed by atoms with E-state index in [2.05, 4.69) is 15.0 Å². The van der Waals surface area contributed by atoms with Crippen molar-refractivity contribution in [1.29, 1.82) is 0 Å². The maximum Gasteiger partial charge on any atom is 0.232 e. The highest BCUT2D eigenvalue weighted by Gasteiger charge is 2.25. The fraction of sp³-hybridized carbons (Fsp3) is 0.105. The van der Waals surface area contributed by atoms with Gasteiger partial charge in [-0.1, -0.05) is 30.3 Å². The Hall–Kier alpha value is -3.21. The summed E-state index contributed by atoms with van der Waals surface area (Å²) in [4.78, 5) is 12.9. The Balaban J connectivity index is 1.57. The molecule has 2 aromatic heterocycles. The van der Waals surface area contributed by atoms with Crippen LogP contribution in [0.5, 0.6) is 11.6 Å². The number of aromatic nitrogens is 2. The van der Waals surface area contributed by atoms with Crippen molar-refractivity contribution in [3.63, 3.8) is 0 Å². The van der Waals surface area contributed by atoms with Crippen LogP contribution in [0.3, 0.4) is 0 Å². The summed E-state index contributed by atoms with van der Waals surface area (Å²) in [6.07, 6.45) is 4.94. The fourth-order valence-electron chi connectivity index (χ4n) is 2.52. The smallest absolute Gasteiger partial charge is 0.232 e. The van der Waals surface area contributed by atoms with E-state index in [1.807, 2.05) is 54.6 Å². The molecule has 3 aromatic rings. The highest BCUT2D eigenvalue weighted by molar-refractivity contribution is 5.97. The van der Waals surface area contributed by atoms with Gasteiger partial charge in [-0.2, -0.15) is 0 Å². The van der Waals surface area contributed by atoms with E-state index in [1.165, 1.54) is 0 Å². The summed E-state index contributed by atoms with van der Waals surface area (Å²) >= 11 is 0. The van der Waals surface area contributed by atoms with Crippen molar-refractivity contribution in [2.24, 2.45) is 4.99 Å². The predicted molar refractivity (Wildman–Crippen MR) is 90.2 cm³/mol. The van der Waals surface area contributed by atoms with Crippen LogP contribution in [-0.2, 0) is 4.74 Å². The van der Waals surface area contributed by atoms with E-state index in [9.17, 15) is 0 Å². The van der Waals surface area contributed by atoms with Gasteiger partial charge in [-0.15, -0.1) is 0 Å². The first kappa shape index (κ1) is 14.4. The summed E-state index contributed by atoms with van der Waals surface area (Å²) in [5.74, 6) is 1.63. The van der Waals surface area contributed by atoms with Crippen LogP contribution in [-0.4, -0.2) is 22.4 Å². The predicted octanol–water partition coefficient (Wildman–Crippen LogP) is 3.79. The first-order chi connectivity index (χ1) is 11.9. The third kappa shape index (κ3) is 2.96. The second kappa shape index (κ2) is 6.50. The number of pyridine rings is 2. The molecule has 0 radical (unpaired) electrons. The van der Waals surface area contributed by atoms with E-state index in [-0.39, 0.29) is 6.10 Å². The van der Waals surface area contributed by atoms with Gasteiger partial charge >= 0.3 is 0 Å². The molecule has 0 bridgehead atoms. The molecule has 1 aliphatic heterocycles. The molecule has 24 heavy (non-hydrogen) atoms. The van der Waals surface area contributed by atoms with E-state index in [1.54, 1.807) is 18.6 Å². The van der Waals surface area contributed by atoms with Gasteiger partial charge in [-0.05, 0) is 29.8 Å². The number of ether oxygens (including phenoxy) is 2. The van der Waals surface area contributed by atoms with Crippen LogP contribution in [0.25, 0.3) is 0 Å². The fourth-order valence-corrected chi connectivity index (χ4v) is 2.52. The molecule has 0 N–H and O–H groups in total. The van der Waals surface area contributed by atoms with Gasteiger partial charge in [-0.3, -0.25) is 4.98 Å². The maximum atomic E-state index is 6.03. The number of hydrogen-bond donors (Lipinski definition) is 0. The van der Waals surface area contributed by atoms with Gasteiger partial charge in [0.1, 0.15) is 11.9 Å². The second-order valence-corrected chi connectivity index (χ2v) is 5.31. The zero-order valence-corrected chi connectivity index (χ0v) is 12.9. The first-order valence-corrected chi connectivity index (χ1v) is 7.69. The zero-order valence-electron chi connectivity index (χ0n) is 12.9. The highest BCUT2D eigenvalue weighted by atomic mass is 16.5. The Morgan fingerprint density at radius 2 is 1.83 bits per heavy atom. The third-order valence-electron chi connectivity index (χ3n) is 3.68. The Labute approximate surface area is 139 Å². The molecule has 1 atom stereocenters. The lowest BCUT2D eigenvalue weighted by Gasteiger charge is -2.13. The average molecular weight is 317 g/mol. The average Bonchev–Trinajstić information content (AvgIpc) is 3.14. The Morgan fingerprint density at radius 3 is 2.67 bits per heavy atom. The molecule has 3 heterocycles. The topological polar surface area (TPSA) is 56.6 Å². The molecule has 5 heteroatoms. The molecule has 0 spiro atoms. The van der Waals surface area contributed by atoms with E-state index >= 15 is 0 Å². The van der Waals surface area contributed by atoms with Gasteiger partial charge in [0.2, 0.25) is 11.8 Å². The summed E-state index contributed by atoms with van der Waals surface area (Å²) in [5, 5.41) is 0. The first-order valence-electron chi connectivity index (χ1n) is 7.69. The molecule has 0 fully saturated rings. The summed E-state index contributed by atoms with van der Waals surface area (Å²) < 4.78 is 11.9. The monoisotopic (exact) mass is 317 g/mol. The van der Waals surface area contributed by atoms with Gasteiger partial charge in [0, 0.05) is 12.4 Å². The van der Waals surface area contributed by atoms with Gasteiger partial charge in [-0.25, -0.2) is 9.98 Å². The van der Waals surface area contributed by atoms with Gasteiger partial charge in [0.25, 0.3) is 0 Å². The lowest BCUT2D eigenvalue weighted by Crippen LogP contribution is -2.08. The van der Waals surface area contributed by atoms with E-state index in [4.69, 9.17) is 9.47 Å². The van der Waals surface area contributed by atoms with Gasteiger partial charge in [0.05, 0.1) is 18.3 Å². The molecule has 1 unspecified atom stereocenters. The lowest BCUT2D eigenvalue weighted by molar-refractivity contribution is 0.230. The molecule has 0 saturated carbocycles. The minimum atomic E-state index is -0.0763. The standard InChI is InChI=1S/C19H15N3O2/c1-2-6-14(7-3-1)17-13-22-19(24-17)16-9-5-11-21-18(16)23-15-8-4-10-20-12-15/h1-12,17H,13H2. The number of aliphatic imine (C=N–C) groups is 1. The van der Waals surface area contributed by atoms with E-state index in [0.717, 1.165) is 11.1 Å². The molecular formula is C19H15N3O2. The zero-order chi connectivity index (χ0) is 16.2. The summed E-state index contributed by atoms with van der Waals surface area (Å²) in [6.45, 7) is 0.584. The Kier molecular flexibility index (Phi) is 3.90. The highest BCUT2D eigenvalue weighted by Crippen LogP contribution is 2.29. The largest absolute Gasteiger partial charge is 0.467 e. The van der Waals surface area contributed by atoms with Crippen molar-refractivity contribution in [2.75, 3.05) is 6.54 Å². The lowest BCUT2D eigenvalue weighted by atomic mass is 10.1. The minimum Gasteiger partial charge on any atom is -0.467 e. The van der Waals surface area contributed by atoms with Crippen LogP contribution >= 0.6 is 0 Å². The van der Waals surface area contributed by atoms with Crippen molar-refractivity contribution in [3.05, 3.63) is 84.3 Å². The number of nitrogens with zero attached hydrogens (tertiary/aromatic N) is 3. The van der Waals surface area contributed by atoms with Crippen molar-refractivity contribution in [3.8, 4) is 11.6 Å². The van der Waals surface area contributed by atoms with Gasteiger partial charge < -0.3 is 9.47 Å². The van der Waals surface area contributed by atoms with Crippen molar-refractivity contribution >= 4 is 5.90 Å². The molecule has 5 nitrogen and oxygen atoms in total. The molecule has 0 amide bonds. The van der Waals surface area contributed by atoms with E-state index < -0.39 is 0 Å². The number of rotatable bonds is 4. The van der Waals surface area contributed by atoms with Crippen molar-refractivity contribution in [1.82, 2.24) is 9.97 Å². The summed E-state index contributed by atoms with van der Waals surface area (Å²) in [6, 6.07) is 17.4.